The average Bonchev–Trinajstić information content (AvgIpc) is 2.88. The van der Waals surface area contributed by atoms with Crippen molar-refractivity contribution in [3.8, 4) is 11.5 Å². The third-order valence-electron chi connectivity index (χ3n) is 8.32. The van der Waals surface area contributed by atoms with E-state index in [-0.39, 0.29) is 22.4 Å². The summed E-state index contributed by atoms with van der Waals surface area (Å²) in [6.07, 6.45) is 3.23. The second kappa shape index (κ2) is 11.3. The number of rotatable bonds is 8. The van der Waals surface area contributed by atoms with E-state index < -0.39 is 5.92 Å². The number of Topliss-reactive ketones (excluding diaryl/α,β-unsaturated/α-hetero) is 2. The summed E-state index contributed by atoms with van der Waals surface area (Å²) < 4.78 is 12.0. The highest BCUT2D eigenvalue weighted by atomic mass is 35.5. The predicted molar refractivity (Wildman–Crippen MR) is 163 cm³/mol. The number of allylic oxidation sites excluding steroid dienone is 4. The fraction of sp³-hybridized carbons (Fsp3) is 0.486. The summed E-state index contributed by atoms with van der Waals surface area (Å²) >= 11 is 6.86. The van der Waals surface area contributed by atoms with Gasteiger partial charge in [0.15, 0.2) is 23.1 Å². The van der Waals surface area contributed by atoms with E-state index in [0.717, 1.165) is 52.9 Å². The molecule has 6 heteroatoms. The van der Waals surface area contributed by atoms with E-state index in [1.165, 1.54) is 0 Å². The molecule has 0 unspecified atom stereocenters. The highest BCUT2D eigenvalue weighted by Crippen LogP contribution is 2.55. The Bertz CT molecular complexity index is 1370. The lowest BCUT2D eigenvalue weighted by Crippen LogP contribution is -2.44. The van der Waals surface area contributed by atoms with Crippen LogP contribution in [0.3, 0.4) is 0 Å². The minimum atomic E-state index is -0.490. The molecule has 1 heterocycles. The Hall–Kier alpha value is -3.05. The summed E-state index contributed by atoms with van der Waals surface area (Å²) in [5.41, 5.74) is 5.11. The maximum Gasteiger partial charge on any atom is 0.179 e. The predicted octanol–water partition coefficient (Wildman–Crippen LogP) is 8.41. The van der Waals surface area contributed by atoms with Crippen molar-refractivity contribution in [2.75, 3.05) is 13.2 Å². The first-order valence-electron chi connectivity index (χ1n) is 14.9. The van der Waals surface area contributed by atoms with Gasteiger partial charge in [0.05, 0.1) is 18.2 Å². The third kappa shape index (κ3) is 5.83. The maximum absolute atomic E-state index is 14.1. The Morgan fingerprint density at radius 1 is 0.854 bits per heavy atom. The lowest BCUT2D eigenvalue weighted by molar-refractivity contribution is -0.119. The van der Waals surface area contributed by atoms with Crippen LogP contribution in [0.1, 0.15) is 90.7 Å². The molecular weight excluding hydrogens is 534 g/mol. The van der Waals surface area contributed by atoms with Gasteiger partial charge in [0.2, 0.25) is 0 Å². The van der Waals surface area contributed by atoms with E-state index in [9.17, 15) is 9.59 Å². The molecule has 0 aromatic heterocycles. The first-order chi connectivity index (χ1) is 19.4. The van der Waals surface area contributed by atoms with Crippen molar-refractivity contribution in [2.45, 2.75) is 86.1 Å². The van der Waals surface area contributed by atoms with Crippen molar-refractivity contribution in [2.24, 2.45) is 10.8 Å². The van der Waals surface area contributed by atoms with E-state index in [1.807, 2.05) is 44.2 Å². The van der Waals surface area contributed by atoms with Crippen molar-refractivity contribution >= 4 is 23.2 Å². The number of benzene rings is 2. The summed E-state index contributed by atoms with van der Waals surface area (Å²) in [6.45, 7) is 14.2. The average molecular weight is 576 g/mol. The molecule has 2 aromatic rings. The molecule has 0 atom stereocenters. The lowest BCUT2D eigenvalue weighted by Gasteiger charge is -2.49. The summed E-state index contributed by atoms with van der Waals surface area (Å²) in [5.74, 6) is 0.770. The maximum atomic E-state index is 14.1. The van der Waals surface area contributed by atoms with Crippen molar-refractivity contribution in [1.29, 1.82) is 0 Å². The highest BCUT2D eigenvalue weighted by molar-refractivity contribution is 6.32. The topological polar surface area (TPSA) is 55.8 Å². The molecule has 2 aromatic carbocycles. The molecule has 3 aliphatic rings. The second-order valence-electron chi connectivity index (χ2n) is 13.2. The van der Waals surface area contributed by atoms with Crippen LogP contribution in [-0.2, 0) is 16.1 Å². The van der Waals surface area contributed by atoms with Crippen LogP contribution in [0.15, 0.2) is 65.0 Å². The molecule has 0 fully saturated rings. The molecule has 0 saturated heterocycles. The first-order valence-corrected chi connectivity index (χ1v) is 15.3. The van der Waals surface area contributed by atoms with Crippen LogP contribution in [-0.4, -0.2) is 29.7 Å². The van der Waals surface area contributed by atoms with Crippen LogP contribution in [0.2, 0.25) is 5.02 Å². The van der Waals surface area contributed by atoms with Gasteiger partial charge < -0.3 is 14.4 Å². The monoisotopic (exact) mass is 575 g/mol. The molecule has 5 rings (SSSR count). The Morgan fingerprint density at radius 2 is 1.44 bits per heavy atom. The second-order valence-corrected chi connectivity index (χ2v) is 13.6. The SMILES string of the molecule is CCCOc1c(Cl)cc(C2C3=C(CC(C)(C)CC3=O)N(Cc3ccccc3)C3=C2C(=O)CC(C)(C)C3)cc1OCC. The zero-order valence-electron chi connectivity index (χ0n) is 25.2. The van der Waals surface area contributed by atoms with Crippen molar-refractivity contribution < 1.29 is 19.1 Å². The molecule has 0 spiro atoms. The largest absolute Gasteiger partial charge is 0.490 e. The standard InChI is InChI=1S/C35H42ClNO4/c1-7-14-41-33-24(36)15-23(16-29(33)40-8-2)30-31-25(17-34(3,4)19-27(31)38)37(21-22-12-10-9-11-13-22)26-18-35(5,6)20-28(39)32(26)30/h9-13,15-16,30H,7-8,14,17-21H2,1-6H3. The van der Waals surface area contributed by atoms with Crippen LogP contribution in [0.5, 0.6) is 11.5 Å². The van der Waals surface area contributed by atoms with Crippen LogP contribution >= 0.6 is 11.6 Å². The van der Waals surface area contributed by atoms with Crippen LogP contribution < -0.4 is 9.47 Å². The van der Waals surface area contributed by atoms with Gasteiger partial charge in [-0.15, -0.1) is 0 Å². The molecule has 0 saturated carbocycles. The molecule has 2 aliphatic carbocycles. The molecule has 41 heavy (non-hydrogen) atoms. The van der Waals surface area contributed by atoms with Crippen LogP contribution in [0.4, 0.5) is 0 Å². The van der Waals surface area contributed by atoms with Gasteiger partial charge >= 0.3 is 0 Å². The van der Waals surface area contributed by atoms with Gasteiger partial charge in [0.25, 0.3) is 0 Å². The van der Waals surface area contributed by atoms with Crippen molar-refractivity contribution in [3.05, 3.63) is 81.2 Å². The van der Waals surface area contributed by atoms with E-state index in [0.29, 0.717) is 49.1 Å². The molecule has 0 N–H and O–H groups in total. The minimum absolute atomic E-state index is 0.101. The number of nitrogens with zero attached hydrogens (tertiary/aromatic N) is 1. The van der Waals surface area contributed by atoms with Gasteiger partial charge in [-0.2, -0.15) is 0 Å². The van der Waals surface area contributed by atoms with E-state index in [4.69, 9.17) is 21.1 Å². The number of carbonyl (C=O) groups excluding carboxylic acids is 2. The van der Waals surface area contributed by atoms with Gasteiger partial charge in [-0.1, -0.05) is 76.6 Å². The zero-order chi connectivity index (χ0) is 29.5. The fourth-order valence-electron chi connectivity index (χ4n) is 6.70. The summed E-state index contributed by atoms with van der Waals surface area (Å²) in [7, 11) is 0. The summed E-state index contributed by atoms with van der Waals surface area (Å²) in [4.78, 5) is 30.6. The molecule has 0 bridgehead atoms. The third-order valence-corrected chi connectivity index (χ3v) is 8.60. The van der Waals surface area contributed by atoms with Gasteiger partial charge in [0.1, 0.15) is 0 Å². The molecule has 1 aliphatic heterocycles. The van der Waals surface area contributed by atoms with Gasteiger partial charge in [-0.05, 0) is 60.3 Å². The summed E-state index contributed by atoms with van der Waals surface area (Å²) in [6, 6.07) is 14.1. The Kier molecular flexibility index (Phi) is 8.13. The first kappa shape index (κ1) is 29.4. The lowest BCUT2D eigenvalue weighted by atomic mass is 9.63. The van der Waals surface area contributed by atoms with Crippen molar-refractivity contribution in [3.63, 3.8) is 0 Å². The minimum Gasteiger partial charge on any atom is -0.490 e. The van der Waals surface area contributed by atoms with Gasteiger partial charge in [-0.3, -0.25) is 9.59 Å². The summed E-state index contributed by atoms with van der Waals surface area (Å²) in [5, 5.41) is 0.433. The molecule has 218 valence electrons. The van der Waals surface area contributed by atoms with E-state index in [1.54, 1.807) is 0 Å². The van der Waals surface area contributed by atoms with Gasteiger partial charge in [0, 0.05) is 47.8 Å². The number of carbonyl (C=O) groups is 2. The van der Waals surface area contributed by atoms with Crippen LogP contribution in [0.25, 0.3) is 0 Å². The fourth-order valence-corrected chi connectivity index (χ4v) is 6.97. The van der Waals surface area contributed by atoms with Crippen LogP contribution in [0, 0.1) is 10.8 Å². The van der Waals surface area contributed by atoms with E-state index >= 15 is 0 Å². The number of ketones is 2. The highest BCUT2D eigenvalue weighted by Gasteiger charge is 2.49. The Balaban J connectivity index is 1.76. The normalized spacial score (nSPS) is 20.2. The number of halogens is 1. The Morgan fingerprint density at radius 3 is 1.98 bits per heavy atom. The molecular formula is C35H42ClNO4. The number of hydrogen-bond acceptors (Lipinski definition) is 5. The number of hydrogen-bond donors (Lipinski definition) is 0. The molecule has 5 nitrogen and oxygen atoms in total. The Labute approximate surface area is 249 Å². The van der Waals surface area contributed by atoms with Crippen molar-refractivity contribution in [1.82, 2.24) is 4.90 Å². The van der Waals surface area contributed by atoms with E-state index in [2.05, 4.69) is 44.7 Å². The zero-order valence-corrected chi connectivity index (χ0v) is 26.0. The quantitative estimate of drug-likeness (QED) is 0.316. The molecule has 0 amide bonds. The molecule has 0 radical (unpaired) electrons. The van der Waals surface area contributed by atoms with Gasteiger partial charge in [-0.25, -0.2) is 0 Å². The smallest absolute Gasteiger partial charge is 0.179 e. The number of ether oxygens (including phenoxy) is 2.